The first-order valence-electron chi connectivity index (χ1n) is 6.97. The number of aryl methyl sites for hydroxylation is 2. The summed E-state index contributed by atoms with van der Waals surface area (Å²) in [5.74, 6) is 0.603. The largest absolute Gasteiger partial charge is 0.354 e. The third-order valence-electron chi connectivity index (χ3n) is 2.78. The molecule has 0 atom stereocenters. The Bertz CT molecular complexity index is 488. The summed E-state index contributed by atoms with van der Waals surface area (Å²) in [6.07, 6.45) is 0. The van der Waals surface area contributed by atoms with Gasteiger partial charge in [0.1, 0.15) is 11.6 Å². The Kier molecular flexibility index (Phi) is 6.61. The summed E-state index contributed by atoms with van der Waals surface area (Å²) in [4.78, 5) is 23.2. The van der Waals surface area contributed by atoms with Gasteiger partial charge in [-0.2, -0.15) is 0 Å². The fourth-order valence-corrected chi connectivity index (χ4v) is 2.36. The van der Waals surface area contributed by atoms with Crippen LogP contribution < -0.4 is 10.6 Å². The van der Waals surface area contributed by atoms with Crippen molar-refractivity contribution in [2.24, 2.45) is 4.99 Å². The Balaban J connectivity index is 2.65. The number of rotatable bonds is 5. The number of hydrogen-bond acceptors (Lipinski definition) is 4. The van der Waals surface area contributed by atoms with Gasteiger partial charge in [0.05, 0.1) is 12.2 Å². The van der Waals surface area contributed by atoms with Crippen LogP contribution in [-0.2, 0) is 11.3 Å². The summed E-state index contributed by atoms with van der Waals surface area (Å²) >= 11 is 1.67. The molecular formula is C14H25N5OS. The molecule has 2 N–H and O–H groups in total. The van der Waals surface area contributed by atoms with Gasteiger partial charge >= 0.3 is 0 Å². The molecule has 0 aliphatic rings. The lowest BCUT2D eigenvalue weighted by Crippen LogP contribution is -2.41. The van der Waals surface area contributed by atoms with Crippen molar-refractivity contribution >= 4 is 23.2 Å². The molecule has 21 heavy (non-hydrogen) atoms. The molecule has 1 aromatic heterocycles. The van der Waals surface area contributed by atoms with Gasteiger partial charge in [-0.05, 0) is 27.7 Å². The average Bonchev–Trinajstić information content (AvgIpc) is 2.71. The van der Waals surface area contributed by atoms with E-state index >= 15 is 0 Å². The normalized spacial score (nSPS) is 11.7. The number of nitrogens with one attached hydrogen (secondary N) is 2. The van der Waals surface area contributed by atoms with Gasteiger partial charge in [-0.15, -0.1) is 11.3 Å². The first-order chi connectivity index (χ1) is 9.79. The zero-order chi connectivity index (χ0) is 16.0. The first kappa shape index (κ1) is 17.4. The Hall–Kier alpha value is -1.63. The van der Waals surface area contributed by atoms with Crippen LogP contribution in [0.1, 0.15) is 29.4 Å². The van der Waals surface area contributed by atoms with Crippen molar-refractivity contribution in [3.8, 4) is 0 Å². The molecule has 0 unspecified atom stereocenters. The third-order valence-corrected chi connectivity index (χ3v) is 3.85. The van der Waals surface area contributed by atoms with E-state index in [9.17, 15) is 4.79 Å². The summed E-state index contributed by atoms with van der Waals surface area (Å²) in [6.45, 7) is 8.87. The number of likely N-dealkylation sites (N-methyl/N-ethyl adjacent to an activating group) is 1. The summed E-state index contributed by atoms with van der Waals surface area (Å²) in [5.41, 5.74) is 1.06. The molecule has 7 heteroatoms. The van der Waals surface area contributed by atoms with Crippen molar-refractivity contribution < 1.29 is 4.79 Å². The molecule has 1 amide bonds. The van der Waals surface area contributed by atoms with Gasteiger partial charge in [0.25, 0.3) is 0 Å². The number of nitrogens with zero attached hydrogens (tertiary/aromatic N) is 3. The van der Waals surface area contributed by atoms with Crippen LogP contribution >= 0.6 is 11.3 Å². The zero-order valence-corrected chi connectivity index (χ0v) is 14.5. The molecule has 0 aliphatic carbocycles. The molecular weight excluding hydrogens is 286 g/mol. The van der Waals surface area contributed by atoms with Crippen molar-refractivity contribution in [3.63, 3.8) is 0 Å². The van der Waals surface area contributed by atoms with Gasteiger partial charge in [-0.25, -0.2) is 9.98 Å². The number of aliphatic imine (C=N–C) groups is 1. The zero-order valence-electron chi connectivity index (χ0n) is 13.6. The van der Waals surface area contributed by atoms with Crippen LogP contribution in [0.25, 0.3) is 0 Å². The van der Waals surface area contributed by atoms with Gasteiger partial charge in [-0.3, -0.25) is 4.79 Å². The Morgan fingerprint density at radius 3 is 2.52 bits per heavy atom. The highest BCUT2D eigenvalue weighted by atomic mass is 32.1. The number of carbonyl (C=O) groups is 1. The van der Waals surface area contributed by atoms with Crippen molar-refractivity contribution in [1.82, 2.24) is 20.5 Å². The van der Waals surface area contributed by atoms with Crippen molar-refractivity contribution in [2.75, 3.05) is 20.6 Å². The molecule has 0 aromatic carbocycles. The Morgan fingerprint density at radius 1 is 1.38 bits per heavy atom. The van der Waals surface area contributed by atoms with Crippen LogP contribution in [0.5, 0.6) is 0 Å². The van der Waals surface area contributed by atoms with E-state index in [1.165, 1.54) is 9.78 Å². The van der Waals surface area contributed by atoms with E-state index in [-0.39, 0.29) is 18.5 Å². The second-order valence-electron chi connectivity index (χ2n) is 5.35. The minimum atomic E-state index is -0.0270. The van der Waals surface area contributed by atoms with Gasteiger partial charge in [-0.1, -0.05) is 0 Å². The quantitative estimate of drug-likeness (QED) is 0.635. The molecule has 0 radical (unpaired) electrons. The topological polar surface area (TPSA) is 69.6 Å². The third kappa shape index (κ3) is 6.12. The van der Waals surface area contributed by atoms with E-state index < -0.39 is 0 Å². The monoisotopic (exact) mass is 311 g/mol. The van der Waals surface area contributed by atoms with Crippen LogP contribution in [0.15, 0.2) is 4.99 Å². The highest BCUT2D eigenvalue weighted by Crippen LogP contribution is 2.15. The molecule has 0 saturated heterocycles. The van der Waals surface area contributed by atoms with E-state index in [4.69, 9.17) is 0 Å². The molecule has 1 heterocycles. The van der Waals surface area contributed by atoms with E-state index in [1.807, 2.05) is 20.8 Å². The van der Waals surface area contributed by atoms with Crippen LogP contribution in [0.3, 0.4) is 0 Å². The first-order valence-corrected chi connectivity index (χ1v) is 7.79. The number of hydrogen-bond donors (Lipinski definition) is 2. The summed E-state index contributed by atoms with van der Waals surface area (Å²) < 4.78 is 0. The summed E-state index contributed by atoms with van der Waals surface area (Å²) in [5, 5.41) is 7.44. The lowest BCUT2D eigenvalue weighted by Gasteiger charge is -2.15. The molecule has 0 saturated carbocycles. The fraction of sp³-hybridized carbons (Fsp3) is 0.643. The number of thiazole rings is 1. The number of guanidine groups is 1. The number of carbonyl (C=O) groups excluding carboxylic acids is 1. The molecule has 6 nitrogen and oxygen atoms in total. The van der Waals surface area contributed by atoms with Crippen molar-refractivity contribution in [2.45, 2.75) is 40.3 Å². The molecule has 1 rings (SSSR count). The highest BCUT2D eigenvalue weighted by Gasteiger charge is 2.08. The second-order valence-corrected chi connectivity index (χ2v) is 6.64. The van der Waals surface area contributed by atoms with Crippen molar-refractivity contribution in [1.29, 1.82) is 0 Å². The van der Waals surface area contributed by atoms with Gasteiger partial charge in [0.15, 0.2) is 5.96 Å². The van der Waals surface area contributed by atoms with Crippen molar-refractivity contribution in [3.05, 3.63) is 15.6 Å². The van der Waals surface area contributed by atoms with E-state index in [1.54, 1.807) is 25.4 Å². The summed E-state index contributed by atoms with van der Waals surface area (Å²) in [6, 6.07) is 0.241. The van der Waals surface area contributed by atoms with E-state index in [2.05, 4.69) is 27.5 Å². The minimum Gasteiger partial charge on any atom is -0.354 e. The van der Waals surface area contributed by atoms with Crippen LogP contribution in [-0.4, -0.2) is 48.4 Å². The maximum Gasteiger partial charge on any atom is 0.243 e. The molecule has 0 aliphatic heterocycles. The highest BCUT2D eigenvalue weighted by molar-refractivity contribution is 7.11. The standard InChI is InChI=1S/C14H25N5OS/c1-9(2)17-14(16-8-13(20)19(5)6)15-7-12-18-10(3)11(4)21-12/h9H,7-8H2,1-6H3,(H2,15,16,17). The van der Waals surface area contributed by atoms with E-state index in [0.29, 0.717) is 12.5 Å². The Morgan fingerprint density at radius 2 is 2.05 bits per heavy atom. The molecule has 118 valence electrons. The average molecular weight is 311 g/mol. The second kappa shape index (κ2) is 7.97. The van der Waals surface area contributed by atoms with Crippen LogP contribution in [0.2, 0.25) is 0 Å². The van der Waals surface area contributed by atoms with Crippen LogP contribution in [0.4, 0.5) is 0 Å². The number of aromatic nitrogens is 1. The smallest absolute Gasteiger partial charge is 0.243 e. The SMILES string of the molecule is Cc1nc(CNC(=NCC(=O)N(C)C)NC(C)C)sc1C. The van der Waals surface area contributed by atoms with Gasteiger partial charge in [0.2, 0.25) is 5.91 Å². The van der Waals surface area contributed by atoms with E-state index in [0.717, 1.165) is 10.7 Å². The molecule has 0 fully saturated rings. The minimum absolute atomic E-state index is 0.0270. The molecule has 1 aromatic rings. The van der Waals surface area contributed by atoms with Crippen LogP contribution in [0, 0.1) is 13.8 Å². The molecule has 0 bridgehead atoms. The Labute approximate surface area is 130 Å². The lowest BCUT2D eigenvalue weighted by atomic mass is 10.4. The van der Waals surface area contributed by atoms with Gasteiger partial charge < -0.3 is 15.5 Å². The lowest BCUT2D eigenvalue weighted by molar-refractivity contribution is -0.127. The van der Waals surface area contributed by atoms with Gasteiger partial charge in [0, 0.05) is 25.0 Å². The molecule has 0 spiro atoms. The maximum atomic E-state index is 11.6. The predicted molar refractivity (Wildman–Crippen MR) is 87.7 cm³/mol. The predicted octanol–water partition coefficient (Wildman–Crippen LogP) is 1.29. The fourth-order valence-electron chi connectivity index (χ4n) is 1.49. The number of amides is 1. The summed E-state index contributed by atoms with van der Waals surface area (Å²) in [7, 11) is 3.45. The maximum absolute atomic E-state index is 11.6.